The van der Waals surface area contributed by atoms with E-state index >= 15 is 0 Å². The lowest BCUT2D eigenvalue weighted by Gasteiger charge is -2.32. The number of halogens is 2. The highest BCUT2D eigenvalue weighted by Crippen LogP contribution is 2.23. The number of ether oxygens (including phenoxy) is 1. The molecule has 0 radical (unpaired) electrons. The zero-order valence-corrected chi connectivity index (χ0v) is 11.5. The monoisotopic (exact) mass is 286 g/mol. The molecule has 1 aromatic carbocycles. The van der Waals surface area contributed by atoms with Crippen LogP contribution in [0.4, 0.5) is 8.78 Å². The highest BCUT2D eigenvalue weighted by atomic mass is 19.1. The lowest BCUT2D eigenvalue weighted by Crippen LogP contribution is -2.51. The van der Waals surface area contributed by atoms with Crippen molar-refractivity contribution in [1.29, 1.82) is 0 Å². The maximum Gasteiger partial charge on any atom is 0.190 e. The van der Waals surface area contributed by atoms with E-state index in [9.17, 15) is 13.9 Å². The van der Waals surface area contributed by atoms with E-state index in [1.54, 1.807) is 0 Å². The lowest BCUT2D eigenvalue weighted by molar-refractivity contribution is 0.0169. The van der Waals surface area contributed by atoms with Gasteiger partial charge >= 0.3 is 0 Å². The third-order valence-electron chi connectivity index (χ3n) is 3.50. The van der Waals surface area contributed by atoms with E-state index in [2.05, 4.69) is 15.4 Å². The summed E-state index contributed by atoms with van der Waals surface area (Å²) in [5, 5.41) is 16.4. The Morgan fingerprint density at radius 1 is 1.40 bits per heavy atom. The van der Waals surface area contributed by atoms with Crippen LogP contribution in [0.5, 0.6) is 5.75 Å². The van der Waals surface area contributed by atoms with Crippen molar-refractivity contribution in [3.63, 3.8) is 0 Å². The van der Waals surface area contributed by atoms with E-state index in [1.807, 2.05) is 0 Å². The van der Waals surface area contributed by atoms with Gasteiger partial charge in [-0.15, -0.1) is 0 Å². The maximum absolute atomic E-state index is 13.5. The van der Waals surface area contributed by atoms with Crippen LogP contribution in [0, 0.1) is 11.6 Å². The van der Waals surface area contributed by atoms with Gasteiger partial charge in [-0.2, -0.15) is 0 Å². The predicted octanol–water partition coefficient (Wildman–Crippen LogP) is 1.18. The standard InChI is InChI=1S/C14H20F2N2O2/c1-20-13-11(15)5-10(6-12(13)16)7-18-9-14(19)3-2-4-17-8-14/h5-6,17-19H,2-4,7-9H2,1H3/t14-/m0/s1. The van der Waals surface area contributed by atoms with Crippen molar-refractivity contribution in [2.24, 2.45) is 0 Å². The second-order valence-electron chi connectivity index (χ2n) is 5.20. The summed E-state index contributed by atoms with van der Waals surface area (Å²) in [7, 11) is 1.23. The van der Waals surface area contributed by atoms with Crippen molar-refractivity contribution in [2.45, 2.75) is 25.0 Å². The molecule has 0 unspecified atom stereocenters. The van der Waals surface area contributed by atoms with E-state index < -0.39 is 17.2 Å². The molecular weight excluding hydrogens is 266 g/mol. The SMILES string of the molecule is COc1c(F)cc(CNC[C@]2(O)CCCNC2)cc1F. The number of hydrogen-bond acceptors (Lipinski definition) is 4. The Morgan fingerprint density at radius 3 is 2.65 bits per heavy atom. The average Bonchev–Trinajstić information content (AvgIpc) is 2.39. The number of β-amino-alcohol motifs (C(OH)–C–C–N with tert-alkyl or cyclic N) is 1. The Balaban J connectivity index is 1.91. The third-order valence-corrected chi connectivity index (χ3v) is 3.50. The molecule has 1 fully saturated rings. The molecular formula is C14H20F2N2O2. The van der Waals surface area contributed by atoms with Crippen LogP contribution in [0.1, 0.15) is 18.4 Å². The van der Waals surface area contributed by atoms with Gasteiger partial charge in [0.1, 0.15) is 0 Å². The minimum Gasteiger partial charge on any atom is -0.491 e. The van der Waals surface area contributed by atoms with Crippen molar-refractivity contribution in [2.75, 3.05) is 26.7 Å². The van der Waals surface area contributed by atoms with Gasteiger partial charge in [0.25, 0.3) is 0 Å². The Labute approximate surface area is 117 Å². The highest BCUT2D eigenvalue weighted by Gasteiger charge is 2.28. The molecule has 0 aliphatic carbocycles. The third kappa shape index (κ3) is 3.65. The van der Waals surface area contributed by atoms with E-state index in [0.717, 1.165) is 19.4 Å². The molecule has 0 amide bonds. The molecule has 1 aliphatic heterocycles. The summed E-state index contributed by atoms with van der Waals surface area (Å²) < 4.78 is 31.7. The van der Waals surface area contributed by atoms with Crippen LogP contribution in [0.15, 0.2) is 12.1 Å². The molecule has 20 heavy (non-hydrogen) atoms. The van der Waals surface area contributed by atoms with Crippen LogP contribution in [-0.2, 0) is 6.54 Å². The number of rotatable bonds is 5. The number of benzene rings is 1. The van der Waals surface area contributed by atoms with E-state index in [0.29, 0.717) is 25.2 Å². The second-order valence-corrected chi connectivity index (χ2v) is 5.20. The van der Waals surface area contributed by atoms with E-state index in [1.165, 1.54) is 19.2 Å². The predicted molar refractivity (Wildman–Crippen MR) is 71.7 cm³/mol. The van der Waals surface area contributed by atoms with Crippen molar-refractivity contribution >= 4 is 0 Å². The topological polar surface area (TPSA) is 53.5 Å². The van der Waals surface area contributed by atoms with Crippen LogP contribution in [0.3, 0.4) is 0 Å². The Hall–Kier alpha value is -1.24. The van der Waals surface area contributed by atoms with E-state index in [4.69, 9.17) is 0 Å². The minimum atomic E-state index is -0.790. The molecule has 2 rings (SSSR count). The van der Waals surface area contributed by atoms with Gasteiger partial charge in [0, 0.05) is 19.6 Å². The Bertz CT molecular complexity index is 439. The van der Waals surface area contributed by atoms with Crippen molar-refractivity contribution < 1.29 is 18.6 Å². The molecule has 0 aromatic heterocycles. The van der Waals surface area contributed by atoms with Gasteiger partial charge in [-0.05, 0) is 37.1 Å². The van der Waals surface area contributed by atoms with Crippen LogP contribution in [-0.4, -0.2) is 37.5 Å². The number of hydrogen-bond donors (Lipinski definition) is 3. The normalized spacial score (nSPS) is 22.8. The molecule has 112 valence electrons. The zero-order chi connectivity index (χ0) is 14.6. The fourth-order valence-electron chi connectivity index (χ4n) is 2.45. The van der Waals surface area contributed by atoms with Gasteiger partial charge in [0.05, 0.1) is 12.7 Å². The molecule has 1 atom stereocenters. The molecule has 1 saturated heterocycles. The first kappa shape index (κ1) is 15.2. The van der Waals surface area contributed by atoms with Crippen LogP contribution < -0.4 is 15.4 Å². The lowest BCUT2D eigenvalue weighted by atomic mass is 9.94. The molecule has 0 spiro atoms. The van der Waals surface area contributed by atoms with Gasteiger partial charge < -0.3 is 20.5 Å². The van der Waals surface area contributed by atoms with Crippen LogP contribution in [0.2, 0.25) is 0 Å². The molecule has 6 heteroatoms. The molecule has 1 aromatic rings. The molecule has 3 N–H and O–H groups in total. The average molecular weight is 286 g/mol. The van der Waals surface area contributed by atoms with Gasteiger partial charge in [-0.1, -0.05) is 0 Å². The Kier molecular flexibility index (Phi) is 4.91. The second kappa shape index (κ2) is 6.47. The first-order chi connectivity index (χ1) is 9.54. The minimum absolute atomic E-state index is 0.292. The van der Waals surface area contributed by atoms with Crippen LogP contribution in [0.25, 0.3) is 0 Å². The molecule has 0 saturated carbocycles. The van der Waals surface area contributed by atoms with Crippen molar-refractivity contribution in [3.8, 4) is 5.75 Å². The van der Waals surface area contributed by atoms with Gasteiger partial charge in [-0.3, -0.25) is 0 Å². The van der Waals surface area contributed by atoms with Crippen molar-refractivity contribution in [1.82, 2.24) is 10.6 Å². The fraction of sp³-hybridized carbons (Fsp3) is 0.571. The zero-order valence-electron chi connectivity index (χ0n) is 11.5. The van der Waals surface area contributed by atoms with Crippen LogP contribution >= 0.6 is 0 Å². The number of aliphatic hydroxyl groups is 1. The first-order valence-electron chi connectivity index (χ1n) is 6.70. The Morgan fingerprint density at radius 2 is 2.10 bits per heavy atom. The van der Waals surface area contributed by atoms with Gasteiger partial charge in [0.2, 0.25) is 0 Å². The largest absolute Gasteiger partial charge is 0.491 e. The number of nitrogens with one attached hydrogen (secondary N) is 2. The molecule has 0 bridgehead atoms. The summed E-state index contributed by atoms with van der Waals surface area (Å²) in [6, 6.07) is 2.47. The number of piperidine rings is 1. The molecule has 4 nitrogen and oxygen atoms in total. The smallest absolute Gasteiger partial charge is 0.190 e. The quantitative estimate of drug-likeness (QED) is 0.761. The molecule has 1 aliphatic rings. The molecule has 1 heterocycles. The number of methoxy groups -OCH3 is 1. The van der Waals surface area contributed by atoms with Gasteiger partial charge in [0.15, 0.2) is 17.4 Å². The van der Waals surface area contributed by atoms with Crippen molar-refractivity contribution in [3.05, 3.63) is 29.3 Å². The van der Waals surface area contributed by atoms with Gasteiger partial charge in [-0.25, -0.2) is 8.78 Å². The van der Waals surface area contributed by atoms with E-state index in [-0.39, 0.29) is 5.75 Å². The summed E-state index contributed by atoms with van der Waals surface area (Å²) in [5.74, 6) is -1.81. The summed E-state index contributed by atoms with van der Waals surface area (Å²) in [6.45, 7) is 2.12. The first-order valence-corrected chi connectivity index (χ1v) is 6.70. The summed E-state index contributed by atoms with van der Waals surface area (Å²) >= 11 is 0. The summed E-state index contributed by atoms with van der Waals surface area (Å²) in [6.07, 6.45) is 1.64. The fourth-order valence-corrected chi connectivity index (χ4v) is 2.45. The summed E-state index contributed by atoms with van der Waals surface area (Å²) in [4.78, 5) is 0. The highest BCUT2D eigenvalue weighted by molar-refractivity contribution is 5.31. The maximum atomic E-state index is 13.5. The summed E-state index contributed by atoms with van der Waals surface area (Å²) in [5.41, 5.74) is -0.310.